The SMILES string of the molecule is CCC(c1ccccc1)c1cccc(C(CC)c2ccccc2)c1O. The van der Waals surface area contributed by atoms with Gasteiger partial charge in [0.05, 0.1) is 0 Å². The molecule has 0 amide bonds. The third kappa shape index (κ3) is 3.61. The molecule has 0 aromatic heterocycles. The number of benzene rings is 3. The lowest BCUT2D eigenvalue weighted by Gasteiger charge is -2.23. The molecule has 128 valence electrons. The molecule has 3 aromatic rings. The fourth-order valence-corrected chi connectivity index (χ4v) is 3.78. The van der Waals surface area contributed by atoms with E-state index >= 15 is 0 Å². The minimum absolute atomic E-state index is 0.217. The molecule has 0 fully saturated rings. The largest absolute Gasteiger partial charge is 0.507 e. The maximum Gasteiger partial charge on any atom is 0.123 e. The predicted molar refractivity (Wildman–Crippen MR) is 105 cm³/mol. The van der Waals surface area contributed by atoms with Crippen molar-refractivity contribution in [1.82, 2.24) is 0 Å². The predicted octanol–water partition coefficient (Wildman–Crippen LogP) is 6.48. The molecule has 2 atom stereocenters. The van der Waals surface area contributed by atoms with E-state index in [4.69, 9.17) is 0 Å². The number of hydrogen-bond donors (Lipinski definition) is 1. The van der Waals surface area contributed by atoms with Crippen LogP contribution in [0.4, 0.5) is 0 Å². The van der Waals surface area contributed by atoms with E-state index in [9.17, 15) is 5.11 Å². The average molecular weight is 330 g/mol. The van der Waals surface area contributed by atoms with Crippen molar-refractivity contribution in [3.63, 3.8) is 0 Å². The Balaban J connectivity index is 2.05. The molecule has 0 bridgehead atoms. The summed E-state index contributed by atoms with van der Waals surface area (Å²) in [6, 6.07) is 27.2. The average Bonchev–Trinajstić information content (AvgIpc) is 2.67. The molecule has 1 nitrogen and oxygen atoms in total. The first kappa shape index (κ1) is 17.3. The molecule has 25 heavy (non-hydrogen) atoms. The third-order valence-electron chi connectivity index (χ3n) is 5.07. The van der Waals surface area contributed by atoms with Gasteiger partial charge in [-0.15, -0.1) is 0 Å². The number of aromatic hydroxyl groups is 1. The zero-order valence-electron chi connectivity index (χ0n) is 15.0. The number of para-hydroxylation sites is 1. The zero-order chi connectivity index (χ0) is 17.6. The Hall–Kier alpha value is -2.54. The molecule has 0 aliphatic rings. The molecule has 1 heteroatoms. The van der Waals surface area contributed by atoms with E-state index in [-0.39, 0.29) is 11.8 Å². The second-order valence-electron chi connectivity index (χ2n) is 6.53. The molecule has 3 rings (SSSR count). The Morgan fingerprint density at radius 3 is 1.36 bits per heavy atom. The molecular weight excluding hydrogens is 304 g/mol. The fraction of sp³-hybridized carbons (Fsp3) is 0.250. The summed E-state index contributed by atoms with van der Waals surface area (Å²) < 4.78 is 0. The molecule has 0 radical (unpaired) electrons. The quantitative estimate of drug-likeness (QED) is 0.548. The van der Waals surface area contributed by atoms with Gasteiger partial charge in [-0.2, -0.15) is 0 Å². The molecule has 0 aliphatic heterocycles. The highest BCUT2D eigenvalue weighted by Crippen LogP contribution is 2.40. The third-order valence-corrected chi connectivity index (χ3v) is 5.07. The highest BCUT2D eigenvalue weighted by atomic mass is 16.3. The molecule has 0 spiro atoms. The fourth-order valence-electron chi connectivity index (χ4n) is 3.78. The van der Waals surface area contributed by atoms with Crippen molar-refractivity contribution < 1.29 is 5.11 Å². The highest BCUT2D eigenvalue weighted by molar-refractivity contribution is 5.50. The van der Waals surface area contributed by atoms with Crippen molar-refractivity contribution in [3.8, 4) is 5.75 Å². The lowest BCUT2D eigenvalue weighted by molar-refractivity contribution is 0.452. The van der Waals surface area contributed by atoms with Crippen LogP contribution in [0, 0.1) is 0 Å². The molecule has 0 saturated carbocycles. The van der Waals surface area contributed by atoms with E-state index in [1.807, 2.05) is 12.1 Å². The first-order chi connectivity index (χ1) is 12.3. The van der Waals surface area contributed by atoms with Gasteiger partial charge in [-0.25, -0.2) is 0 Å². The van der Waals surface area contributed by atoms with Crippen molar-refractivity contribution in [2.24, 2.45) is 0 Å². The number of phenols is 1. The van der Waals surface area contributed by atoms with Crippen molar-refractivity contribution in [1.29, 1.82) is 0 Å². The normalized spacial score (nSPS) is 13.4. The smallest absolute Gasteiger partial charge is 0.123 e. The van der Waals surface area contributed by atoms with Crippen molar-refractivity contribution in [2.45, 2.75) is 38.5 Å². The lowest BCUT2D eigenvalue weighted by Crippen LogP contribution is -2.05. The molecule has 1 N–H and O–H groups in total. The van der Waals surface area contributed by atoms with Gasteiger partial charge in [0, 0.05) is 23.0 Å². The Kier molecular flexibility index (Phi) is 5.55. The van der Waals surface area contributed by atoms with E-state index in [1.54, 1.807) is 0 Å². The standard InChI is InChI=1S/C24H26O/c1-3-20(18-12-7-5-8-13-18)22-16-11-17-23(24(22)25)21(4-2)19-14-9-6-10-15-19/h5-17,20-21,25H,3-4H2,1-2H3. The molecular formula is C24H26O. The summed E-state index contributed by atoms with van der Waals surface area (Å²) in [5, 5.41) is 11.1. The van der Waals surface area contributed by atoms with Gasteiger partial charge in [-0.3, -0.25) is 0 Å². The summed E-state index contributed by atoms with van der Waals surface area (Å²) in [6.45, 7) is 4.36. The van der Waals surface area contributed by atoms with Gasteiger partial charge in [0.1, 0.15) is 5.75 Å². The maximum atomic E-state index is 11.1. The van der Waals surface area contributed by atoms with Gasteiger partial charge in [-0.05, 0) is 24.0 Å². The summed E-state index contributed by atoms with van der Waals surface area (Å²) in [6.07, 6.45) is 1.92. The van der Waals surface area contributed by atoms with Gasteiger partial charge >= 0.3 is 0 Å². The van der Waals surface area contributed by atoms with Gasteiger partial charge < -0.3 is 5.11 Å². The Morgan fingerprint density at radius 1 is 0.600 bits per heavy atom. The van der Waals surface area contributed by atoms with Crippen LogP contribution in [0.5, 0.6) is 5.75 Å². The number of rotatable bonds is 6. The summed E-state index contributed by atoms with van der Waals surface area (Å²) in [5.74, 6) is 0.887. The summed E-state index contributed by atoms with van der Waals surface area (Å²) in [5.41, 5.74) is 4.57. The van der Waals surface area contributed by atoms with Crippen LogP contribution >= 0.6 is 0 Å². The van der Waals surface area contributed by atoms with Crippen LogP contribution in [0.15, 0.2) is 78.9 Å². The van der Waals surface area contributed by atoms with Crippen LogP contribution in [0.3, 0.4) is 0 Å². The number of hydrogen-bond acceptors (Lipinski definition) is 1. The van der Waals surface area contributed by atoms with E-state index in [2.05, 4.69) is 80.6 Å². The van der Waals surface area contributed by atoms with Crippen LogP contribution in [0.25, 0.3) is 0 Å². The minimum atomic E-state index is 0.217. The van der Waals surface area contributed by atoms with Gasteiger partial charge in [0.2, 0.25) is 0 Å². The van der Waals surface area contributed by atoms with E-state index in [0.717, 1.165) is 24.0 Å². The van der Waals surface area contributed by atoms with Crippen molar-refractivity contribution >= 4 is 0 Å². The van der Waals surface area contributed by atoms with Crippen LogP contribution in [-0.2, 0) is 0 Å². The van der Waals surface area contributed by atoms with Gasteiger partial charge in [-0.1, -0.05) is 92.7 Å². The topological polar surface area (TPSA) is 20.2 Å². The second kappa shape index (κ2) is 8.02. The second-order valence-corrected chi connectivity index (χ2v) is 6.53. The highest BCUT2D eigenvalue weighted by Gasteiger charge is 2.22. The van der Waals surface area contributed by atoms with E-state index < -0.39 is 0 Å². The van der Waals surface area contributed by atoms with Crippen LogP contribution in [-0.4, -0.2) is 5.11 Å². The molecule has 0 heterocycles. The summed E-state index contributed by atoms with van der Waals surface area (Å²) >= 11 is 0. The van der Waals surface area contributed by atoms with Crippen LogP contribution in [0.1, 0.15) is 60.8 Å². The van der Waals surface area contributed by atoms with Crippen LogP contribution in [0.2, 0.25) is 0 Å². The monoisotopic (exact) mass is 330 g/mol. The zero-order valence-corrected chi connectivity index (χ0v) is 15.0. The van der Waals surface area contributed by atoms with Gasteiger partial charge in [0.25, 0.3) is 0 Å². The summed E-state index contributed by atoms with van der Waals surface area (Å²) in [7, 11) is 0. The molecule has 2 unspecified atom stereocenters. The Bertz CT molecular complexity index is 727. The maximum absolute atomic E-state index is 11.1. The van der Waals surface area contributed by atoms with Crippen molar-refractivity contribution in [2.75, 3.05) is 0 Å². The Morgan fingerprint density at radius 2 is 1.00 bits per heavy atom. The van der Waals surface area contributed by atoms with Gasteiger partial charge in [0.15, 0.2) is 0 Å². The molecule has 0 aliphatic carbocycles. The summed E-state index contributed by atoms with van der Waals surface area (Å²) in [4.78, 5) is 0. The van der Waals surface area contributed by atoms with Crippen molar-refractivity contribution in [3.05, 3.63) is 101 Å². The minimum Gasteiger partial charge on any atom is -0.507 e. The first-order valence-corrected chi connectivity index (χ1v) is 9.17. The lowest BCUT2D eigenvalue weighted by atomic mass is 9.83. The van der Waals surface area contributed by atoms with E-state index in [0.29, 0.717) is 5.75 Å². The Labute approximate surface area is 151 Å². The number of phenolic OH excluding ortho intramolecular Hbond substituents is 1. The molecule has 3 aromatic carbocycles. The molecule has 0 saturated heterocycles. The van der Waals surface area contributed by atoms with E-state index in [1.165, 1.54) is 11.1 Å². The first-order valence-electron chi connectivity index (χ1n) is 9.17. The van der Waals surface area contributed by atoms with Crippen LogP contribution < -0.4 is 0 Å².